The van der Waals surface area contributed by atoms with Crippen LogP contribution in [-0.2, 0) is 0 Å². The van der Waals surface area contributed by atoms with Crippen LogP contribution < -0.4 is 15.4 Å². The number of carbonyl (C=O) groups is 1. The van der Waals surface area contributed by atoms with E-state index in [0.717, 1.165) is 23.4 Å². The largest absolute Gasteiger partial charge is 0.496 e. The highest BCUT2D eigenvalue weighted by Gasteiger charge is 2.23. The van der Waals surface area contributed by atoms with Crippen LogP contribution in [0, 0.1) is 0 Å². The van der Waals surface area contributed by atoms with E-state index in [1.54, 1.807) is 31.4 Å². The third-order valence-corrected chi connectivity index (χ3v) is 4.79. The van der Waals surface area contributed by atoms with E-state index in [1.165, 1.54) is 5.57 Å². The second-order valence-electron chi connectivity index (χ2n) is 7.07. The van der Waals surface area contributed by atoms with Crippen molar-refractivity contribution in [3.05, 3.63) is 58.6 Å². The molecule has 0 aliphatic carbocycles. The number of nitrogens with zero attached hydrogens (tertiary/aromatic N) is 2. The highest BCUT2D eigenvalue weighted by Crippen LogP contribution is 2.36. The Labute approximate surface area is 189 Å². The number of rotatable bonds is 5. The number of amides is 2. The van der Waals surface area contributed by atoms with Gasteiger partial charge in [0, 0.05) is 40.6 Å². The van der Waals surface area contributed by atoms with Gasteiger partial charge in [-0.3, -0.25) is 5.01 Å². The summed E-state index contributed by atoms with van der Waals surface area (Å²) < 4.78 is 5.59. The fourth-order valence-electron chi connectivity index (χ4n) is 3.16. The van der Waals surface area contributed by atoms with Gasteiger partial charge >= 0.3 is 6.03 Å². The van der Waals surface area contributed by atoms with Gasteiger partial charge in [0.2, 0.25) is 0 Å². The number of ether oxygens (including phenoxy) is 1. The van der Waals surface area contributed by atoms with Crippen molar-refractivity contribution in [3.8, 4) is 5.75 Å². The number of anilines is 2. The van der Waals surface area contributed by atoms with E-state index in [4.69, 9.17) is 16.3 Å². The summed E-state index contributed by atoms with van der Waals surface area (Å²) in [5, 5.41) is 12.8. The molecule has 6 nitrogen and oxygen atoms in total. The first-order chi connectivity index (χ1) is 14.9. The van der Waals surface area contributed by atoms with Crippen LogP contribution in [0.25, 0.3) is 5.70 Å². The van der Waals surface area contributed by atoms with E-state index in [0.29, 0.717) is 16.4 Å². The molecule has 7 heteroatoms. The number of urea groups is 1. The molecule has 0 spiro atoms. The van der Waals surface area contributed by atoms with Gasteiger partial charge in [0.1, 0.15) is 5.75 Å². The van der Waals surface area contributed by atoms with Gasteiger partial charge in [0.25, 0.3) is 0 Å². The second-order valence-corrected chi connectivity index (χ2v) is 7.51. The molecule has 0 atom stereocenters. The first-order valence-corrected chi connectivity index (χ1v) is 10.8. The zero-order valence-electron chi connectivity index (χ0n) is 19.0. The highest BCUT2D eigenvalue weighted by atomic mass is 35.5. The molecule has 2 aromatic carbocycles. The molecule has 0 radical (unpaired) electrons. The summed E-state index contributed by atoms with van der Waals surface area (Å²) in [6.45, 7) is 10.3. The lowest BCUT2D eigenvalue weighted by molar-refractivity contribution is 0.262. The first kappa shape index (κ1) is 24.3. The number of benzene rings is 2. The van der Waals surface area contributed by atoms with Crippen molar-refractivity contribution in [1.82, 2.24) is 5.01 Å². The number of methoxy groups -OCH3 is 1. The topological polar surface area (TPSA) is 66.0 Å². The van der Waals surface area contributed by atoms with Crippen LogP contribution in [0.3, 0.4) is 0 Å². The Bertz CT molecular complexity index is 953. The third kappa shape index (κ3) is 6.25. The molecule has 2 amide bonds. The smallest absolute Gasteiger partial charge is 0.323 e. The van der Waals surface area contributed by atoms with Crippen molar-refractivity contribution in [2.45, 2.75) is 47.1 Å². The molecular weight excluding hydrogens is 412 g/mol. The molecule has 1 aliphatic rings. The Morgan fingerprint density at radius 2 is 1.71 bits per heavy atom. The van der Waals surface area contributed by atoms with Crippen molar-refractivity contribution in [2.75, 3.05) is 17.7 Å². The summed E-state index contributed by atoms with van der Waals surface area (Å²) in [5.74, 6) is 0.728. The molecule has 3 rings (SSSR count). The van der Waals surface area contributed by atoms with Crippen LogP contribution in [0.15, 0.2) is 53.1 Å². The van der Waals surface area contributed by atoms with Crippen molar-refractivity contribution < 1.29 is 9.53 Å². The van der Waals surface area contributed by atoms with Crippen molar-refractivity contribution in [3.63, 3.8) is 0 Å². The summed E-state index contributed by atoms with van der Waals surface area (Å²) in [7, 11) is 1.64. The quantitative estimate of drug-likeness (QED) is 0.532. The van der Waals surface area contributed by atoms with E-state index in [-0.39, 0.29) is 12.1 Å². The van der Waals surface area contributed by atoms with Crippen LogP contribution in [0.1, 0.15) is 46.6 Å². The van der Waals surface area contributed by atoms with Gasteiger partial charge in [-0.2, -0.15) is 5.10 Å². The van der Waals surface area contributed by atoms with Crippen molar-refractivity contribution in [2.24, 2.45) is 5.10 Å². The maximum absolute atomic E-state index is 12.4. The van der Waals surface area contributed by atoms with Gasteiger partial charge in [-0.15, -0.1) is 0 Å². The van der Waals surface area contributed by atoms with Crippen LogP contribution in [-0.4, -0.2) is 30.4 Å². The Morgan fingerprint density at radius 3 is 2.32 bits per heavy atom. The minimum atomic E-state index is -0.337. The maximum Gasteiger partial charge on any atom is 0.323 e. The van der Waals surface area contributed by atoms with Crippen LogP contribution in [0.2, 0.25) is 5.02 Å². The summed E-state index contributed by atoms with van der Waals surface area (Å²) >= 11 is 5.89. The normalized spacial score (nSPS) is 13.0. The predicted octanol–water partition coefficient (Wildman–Crippen LogP) is 6.85. The van der Waals surface area contributed by atoms with Gasteiger partial charge in [-0.1, -0.05) is 25.4 Å². The number of nitrogens with one attached hydrogen (secondary N) is 2. The molecule has 166 valence electrons. The van der Waals surface area contributed by atoms with E-state index >= 15 is 0 Å². The molecule has 0 saturated heterocycles. The fraction of sp³-hybridized carbons (Fsp3) is 0.333. The van der Waals surface area contributed by atoms with Gasteiger partial charge in [-0.05, 0) is 68.8 Å². The number of hydrogen-bond acceptors (Lipinski definition) is 4. The lowest BCUT2D eigenvalue weighted by atomic mass is 10.0. The zero-order chi connectivity index (χ0) is 23.0. The Morgan fingerprint density at radius 1 is 1.10 bits per heavy atom. The Balaban J connectivity index is 0.00000166. The van der Waals surface area contributed by atoms with E-state index in [1.807, 2.05) is 43.3 Å². The SMILES string of the molecule is CC.COc1ccc(NC(=O)Nc2ccc(Cl)cc2)cc1C1=C(C)CC=NN1C(C)C. The lowest BCUT2D eigenvalue weighted by Gasteiger charge is -2.31. The maximum atomic E-state index is 12.4. The van der Waals surface area contributed by atoms with E-state index in [2.05, 4.69) is 36.5 Å². The molecule has 0 aromatic heterocycles. The molecule has 2 N–H and O–H groups in total. The number of hydrazone groups is 1. The minimum absolute atomic E-state index is 0.186. The predicted molar refractivity (Wildman–Crippen MR) is 131 cm³/mol. The third-order valence-electron chi connectivity index (χ3n) is 4.54. The molecule has 1 aliphatic heterocycles. The van der Waals surface area contributed by atoms with Gasteiger partial charge in [-0.25, -0.2) is 4.79 Å². The van der Waals surface area contributed by atoms with Crippen LogP contribution >= 0.6 is 11.6 Å². The molecule has 31 heavy (non-hydrogen) atoms. The second kappa shape index (κ2) is 11.4. The summed E-state index contributed by atoms with van der Waals surface area (Å²) in [6, 6.07) is 12.4. The van der Waals surface area contributed by atoms with Crippen LogP contribution in [0.4, 0.5) is 16.2 Å². The molecular formula is C24H31ClN4O2. The average Bonchev–Trinajstić information content (AvgIpc) is 2.76. The van der Waals surface area contributed by atoms with Gasteiger partial charge in [0.15, 0.2) is 0 Å². The van der Waals surface area contributed by atoms with Gasteiger partial charge < -0.3 is 15.4 Å². The highest BCUT2D eigenvalue weighted by molar-refractivity contribution is 6.30. The van der Waals surface area contributed by atoms with Crippen molar-refractivity contribution in [1.29, 1.82) is 0 Å². The monoisotopic (exact) mass is 442 g/mol. The fourth-order valence-corrected chi connectivity index (χ4v) is 3.28. The zero-order valence-corrected chi connectivity index (χ0v) is 19.7. The minimum Gasteiger partial charge on any atom is -0.496 e. The average molecular weight is 443 g/mol. The molecule has 2 aromatic rings. The van der Waals surface area contributed by atoms with Crippen molar-refractivity contribution >= 4 is 40.9 Å². The Hall–Kier alpha value is -2.99. The molecule has 0 saturated carbocycles. The lowest BCUT2D eigenvalue weighted by Crippen LogP contribution is -2.27. The van der Waals surface area contributed by atoms with E-state index < -0.39 is 0 Å². The standard InChI is InChI=1S/C22H25ClN4O2.C2H6/c1-14(2)27-21(15(3)11-12-24-27)19-13-18(9-10-20(19)29-4)26-22(28)25-17-7-5-16(23)6-8-17;1-2/h5-10,12-14H,11H2,1-4H3,(H2,25,26,28);1-2H3. The van der Waals surface area contributed by atoms with Gasteiger partial charge in [0.05, 0.1) is 12.8 Å². The number of carbonyl (C=O) groups excluding carboxylic acids is 1. The molecule has 1 heterocycles. The first-order valence-electron chi connectivity index (χ1n) is 10.4. The summed E-state index contributed by atoms with van der Waals surface area (Å²) in [4.78, 5) is 12.4. The van der Waals surface area contributed by atoms with E-state index in [9.17, 15) is 4.79 Å². The number of allylic oxidation sites excluding steroid dienone is 1. The van der Waals surface area contributed by atoms with Crippen LogP contribution in [0.5, 0.6) is 5.75 Å². The molecule has 0 unspecified atom stereocenters. The molecule has 0 bridgehead atoms. The summed E-state index contributed by atoms with van der Waals surface area (Å²) in [5.41, 5.74) is 4.40. The Kier molecular flexibility index (Phi) is 8.94. The molecule has 0 fully saturated rings. The summed E-state index contributed by atoms with van der Waals surface area (Å²) in [6.07, 6.45) is 2.68. The number of halogens is 1. The number of hydrogen-bond donors (Lipinski definition) is 2.